The predicted molar refractivity (Wildman–Crippen MR) is 111 cm³/mol. The number of amides is 2. The van der Waals surface area contributed by atoms with E-state index in [-0.39, 0.29) is 12.1 Å². The van der Waals surface area contributed by atoms with Crippen LogP contribution in [0.1, 0.15) is 43.9 Å². The number of hydrogen-bond acceptors (Lipinski definition) is 6. The molecule has 2 N–H and O–H groups in total. The maximum absolute atomic E-state index is 12.6. The topological polar surface area (TPSA) is 92.3 Å². The van der Waals surface area contributed by atoms with Crippen molar-refractivity contribution in [3.63, 3.8) is 0 Å². The summed E-state index contributed by atoms with van der Waals surface area (Å²) in [5.74, 6) is 1.33. The van der Waals surface area contributed by atoms with Crippen molar-refractivity contribution in [2.45, 2.75) is 51.5 Å². The predicted octanol–water partition coefficient (Wildman–Crippen LogP) is 3.26. The Morgan fingerprint density at radius 2 is 2.00 bits per heavy atom. The van der Waals surface area contributed by atoms with Crippen LogP contribution in [0, 0.1) is 0 Å². The van der Waals surface area contributed by atoms with Gasteiger partial charge in [-0.2, -0.15) is 0 Å². The average Bonchev–Trinajstić information content (AvgIpc) is 2.75. The number of piperidine rings is 1. The number of fused-ring (bicyclic) bond motifs is 1. The van der Waals surface area contributed by atoms with E-state index in [9.17, 15) is 4.79 Å². The van der Waals surface area contributed by atoms with Crippen LogP contribution in [0.2, 0.25) is 0 Å². The van der Waals surface area contributed by atoms with Crippen LogP contribution >= 0.6 is 0 Å². The van der Waals surface area contributed by atoms with Crippen LogP contribution < -0.4 is 15.4 Å². The van der Waals surface area contributed by atoms with Gasteiger partial charge in [-0.15, -0.1) is 0 Å². The molecule has 0 saturated carbocycles. The van der Waals surface area contributed by atoms with Crippen molar-refractivity contribution < 1.29 is 9.53 Å². The Kier molecular flexibility index (Phi) is 6.07. The molecule has 1 aliphatic heterocycles. The normalized spacial score (nSPS) is 16.8. The Morgan fingerprint density at radius 3 is 2.83 bits per heavy atom. The maximum atomic E-state index is 12.6. The van der Waals surface area contributed by atoms with E-state index in [2.05, 4.69) is 31.7 Å². The summed E-state index contributed by atoms with van der Waals surface area (Å²) in [6.45, 7) is 3.90. The summed E-state index contributed by atoms with van der Waals surface area (Å²) < 4.78 is 5.42. The van der Waals surface area contributed by atoms with Gasteiger partial charge in [0.05, 0.1) is 18.5 Å². The van der Waals surface area contributed by atoms with E-state index >= 15 is 0 Å². The highest BCUT2D eigenvalue weighted by atomic mass is 16.5. The van der Waals surface area contributed by atoms with E-state index in [4.69, 9.17) is 4.74 Å². The Bertz CT molecular complexity index is 851. The van der Waals surface area contributed by atoms with Crippen molar-refractivity contribution in [1.29, 1.82) is 0 Å². The summed E-state index contributed by atoms with van der Waals surface area (Å²) >= 11 is 0. The number of aromatic nitrogens is 3. The minimum absolute atomic E-state index is 0.0540. The molecular formula is C21H28N6O2. The fourth-order valence-electron chi connectivity index (χ4n) is 3.94. The number of nitrogens with one attached hydrogen (secondary N) is 2. The second kappa shape index (κ2) is 9.07. The molecule has 2 amide bonds. The van der Waals surface area contributed by atoms with Crippen molar-refractivity contribution in [3.8, 4) is 5.88 Å². The maximum Gasteiger partial charge on any atom is 0.321 e. The van der Waals surface area contributed by atoms with Gasteiger partial charge in [-0.3, -0.25) is 4.98 Å². The molecule has 0 unspecified atom stereocenters. The van der Waals surface area contributed by atoms with Crippen LogP contribution in [0.3, 0.4) is 0 Å². The molecule has 8 nitrogen and oxygen atoms in total. The zero-order chi connectivity index (χ0) is 20.1. The zero-order valence-electron chi connectivity index (χ0n) is 16.9. The molecule has 2 aromatic rings. The molecular weight excluding hydrogens is 368 g/mol. The Balaban J connectivity index is 1.28. The van der Waals surface area contributed by atoms with Gasteiger partial charge in [-0.05, 0) is 57.1 Å². The van der Waals surface area contributed by atoms with Gasteiger partial charge in [0, 0.05) is 30.9 Å². The number of rotatable bonds is 5. The lowest BCUT2D eigenvalue weighted by Gasteiger charge is -2.32. The minimum Gasteiger partial charge on any atom is -0.478 e. The largest absolute Gasteiger partial charge is 0.478 e. The van der Waals surface area contributed by atoms with Gasteiger partial charge in [0.2, 0.25) is 5.88 Å². The molecule has 1 fully saturated rings. The van der Waals surface area contributed by atoms with Crippen molar-refractivity contribution >= 4 is 17.5 Å². The summed E-state index contributed by atoms with van der Waals surface area (Å²) in [7, 11) is 0. The number of hydrogen-bond donors (Lipinski definition) is 2. The fraction of sp³-hybridized carbons (Fsp3) is 0.524. The lowest BCUT2D eigenvalue weighted by atomic mass is 9.96. The third kappa shape index (κ3) is 4.93. The molecule has 0 atom stereocenters. The molecule has 3 heterocycles. The fourth-order valence-corrected chi connectivity index (χ4v) is 3.94. The minimum atomic E-state index is -0.0540. The lowest BCUT2D eigenvalue weighted by molar-refractivity contribution is 0.197. The Hall–Kier alpha value is -2.90. The summed E-state index contributed by atoms with van der Waals surface area (Å²) in [5.41, 5.74) is 3.24. The molecule has 1 aliphatic carbocycles. The van der Waals surface area contributed by atoms with Gasteiger partial charge >= 0.3 is 6.03 Å². The van der Waals surface area contributed by atoms with Crippen molar-refractivity contribution in [2.75, 3.05) is 30.3 Å². The number of carbonyl (C=O) groups is 1. The standard InChI is InChI=1S/C21H28N6O2/c1-2-29-20-12-19(23-14-24-20)25-16-7-9-27(10-8-16)21(28)26-17-11-15-5-3-4-6-18(15)22-13-17/h11-14,16H,2-10H2,1H3,(H,26,28)(H,23,24,25). The van der Waals surface area contributed by atoms with E-state index in [1.165, 1.54) is 30.4 Å². The van der Waals surface area contributed by atoms with E-state index in [0.717, 1.165) is 37.2 Å². The highest BCUT2D eigenvalue weighted by molar-refractivity contribution is 5.89. The van der Waals surface area contributed by atoms with E-state index in [1.807, 2.05) is 17.9 Å². The molecule has 2 aliphatic rings. The molecule has 8 heteroatoms. The summed E-state index contributed by atoms with van der Waals surface area (Å²) in [4.78, 5) is 27.4. The van der Waals surface area contributed by atoms with Gasteiger partial charge in [0.1, 0.15) is 12.1 Å². The quantitative estimate of drug-likeness (QED) is 0.806. The van der Waals surface area contributed by atoms with Gasteiger partial charge in [-0.1, -0.05) is 0 Å². The number of likely N-dealkylation sites (tertiary alicyclic amines) is 1. The molecule has 154 valence electrons. The molecule has 0 bridgehead atoms. The first-order chi connectivity index (χ1) is 14.2. The SMILES string of the molecule is CCOc1cc(NC2CCN(C(=O)Nc3cnc4c(c3)CCCC4)CC2)ncn1. The molecule has 1 saturated heterocycles. The van der Waals surface area contributed by atoms with Gasteiger partial charge < -0.3 is 20.3 Å². The number of nitrogens with zero attached hydrogens (tertiary/aromatic N) is 4. The second-order valence-electron chi connectivity index (χ2n) is 7.55. The smallest absolute Gasteiger partial charge is 0.321 e. The number of carbonyl (C=O) groups excluding carboxylic acids is 1. The number of pyridine rings is 1. The van der Waals surface area contributed by atoms with Crippen LogP contribution in [0.4, 0.5) is 16.3 Å². The highest BCUT2D eigenvalue weighted by Gasteiger charge is 2.23. The van der Waals surface area contributed by atoms with Crippen LogP contribution in [-0.2, 0) is 12.8 Å². The number of urea groups is 1. The third-order valence-corrected chi connectivity index (χ3v) is 5.49. The Morgan fingerprint density at radius 1 is 1.17 bits per heavy atom. The first-order valence-corrected chi connectivity index (χ1v) is 10.5. The van der Waals surface area contributed by atoms with Crippen LogP contribution in [0.15, 0.2) is 24.7 Å². The molecule has 29 heavy (non-hydrogen) atoms. The van der Waals surface area contributed by atoms with Crippen molar-refractivity contribution in [3.05, 3.63) is 35.9 Å². The van der Waals surface area contributed by atoms with E-state index in [1.54, 1.807) is 6.20 Å². The van der Waals surface area contributed by atoms with Crippen LogP contribution in [0.5, 0.6) is 5.88 Å². The molecule has 4 rings (SSSR count). The number of aryl methyl sites for hydroxylation is 2. The number of ether oxygens (including phenoxy) is 1. The average molecular weight is 396 g/mol. The lowest BCUT2D eigenvalue weighted by Crippen LogP contribution is -2.44. The summed E-state index contributed by atoms with van der Waals surface area (Å²) in [6.07, 6.45) is 9.51. The van der Waals surface area contributed by atoms with Crippen LogP contribution in [0.25, 0.3) is 0 Å². The molecule has 0 aromatic carbocycles. The van der Waals surface area contributed by atoms with E-state index in [0.29, 0.717) is 25.6 Å². The summed E-state index contributed by atoms with van der Waals surface area (Å²) in [6, 6.07) is 4.11. The molecule has 2 aromatic heterocycles. The third-order valence-electron chi connectivity index (χ3n) is 5.49. The first-order valence-electron chi connectivity index (χ1n) is 10.5. The van der Waals surface area contributed by atoms with Crippen molar-refractivity contribution in [1.82, 2.24) is 19.9 Å². The van der Waals surface area contributed by atoms with E-state index < -0.39 is 0 Å². The first kappa shape index (κ1) is 19.4. The Labute approximate surface area is 171 Å². The molecule has 0 radical (unpaired) electrons. The van der Waals surface area contributed by atoms with Crippen molar-refractivity contribution in [2.24, 2.45) is 0 Å². The van der Waals surface area contributed by atoms with Gasteiger partial charge in [0.25, 0.3) is 0 Å². The van der Waals surface area contributed by atoms with Crippen LogP contribution in [-0.4, -0.2) is 51.6 Å². The second-order valence-corrected chi connectivity index (χ2v) is 7.55. The zero-order valence-corrected chi connectivity index (χ0v) is 16.9. The number of anilines is 2. The molecule has 0 spiro atoms. The highest BCUT2D eigenvalue weighted by Crippen LogP contribution is 2.23. The monoisotopic (exact) mass is 396 g/mol. The van der Waals surface area contributed by atoms with Gasteiger partial charge in [0.15, 0.2) is 0 Å². The summed E-state index contributed by atoms with van der Waals surface area (Å²) in [5, 5.41) is 6.44. The van der Waals surface area contributed by atoms with Gasteiger partial charge in [-0.25, -0.2) is 14.8 Å².